The van der Waals surface area contributed by atoms with Gasteiger partial charge in [-0.3, -0.25) is 14.3 Å². The number of nitrogens with zero attached hydrogens (tertiary/aromatic N) is 1. The minimum atomic E-state index is -4.01. The second-order valence-electron chi connectivity index (χ2n) is 6.92. The zero-order valence-electron chi connectivity index (χ0n) is 17.3. The molecule has 162 valence electrons. The molecule has 0 aromatic heterocycles. The van der Waals surface area contributed by atoms with E-state index in [-0.39, 0.29) is 35.3 Å². The van der Waals surface area contributed by atoms with Gasteiger partial charge in [0.05, 0.1) is 11.5 Å². The first-order valence-corrected chi connectivity index (χ1v) is 10.9. The van der Waals surface area contributed by atoms with E-state index in [1.54, 1.807) is 27.7 Å². The summed E-state index contributed by atoms with van der Waals surface area (Å²) in [6.45, 7) is 6.81. The molecule has 2 aromatic carbocycles. The zero-order valence-corrected chi connectivity index (χ0v) is 18.1. The largest absolute Gasteiger partial charge is 0.465 e. The van der Waals surface area contributed by atoms with Gasteiger partial charge in [-0.05, 0) is 69.7 Å². The van der Waals surface area contributed by atoms with Crippen LogP contribution in [0.15, 0.2) is 47.4 Å². The molecular weight excluding hydrogens is 411 g/mol. The van der Waals surface area contributed by atoms with Crippen molar-refractivity contribution >= 4 is 27.6 Å². The number of halogens is 1. The van der Waals surface area contributed by atoms with E-state index in [0.29, 0.717) is 5.56 Å². The number of anilines is 1. The molecule has 2 aromatic rings. The minimum Gasteiger partial charge on any atom is -0.465 e. The molecular formula is C21H25FN2O5S. The highest BCUT2D eigenvalue weighted by Gasteiger charge is 2.25. The standard InChI is InChI=1S/C21H25FN2O5S/c1-5-29-20(25)13-24(14(2)3)21(26)19-12-18(11-6-15(19)4)30(27,28)23-17-9-7-16(22)8-10-17/h6-12,14,23H,5,13H2,1-4H3. The van der Waals surface area contributed by atoms with Gasteiger partial charge >= 0.3 is 5.97 Å². The van der Waals surface area contributed by atoms with E-state index in [1.807, 2.05) is 0 Å². The first-order valence-electron chi connectivity index (χ1n) is 9.40. The fourth-order valence-corrected chi connectivity index (χ4v) is 3.80. The van der Waals surface area contributed by atoms with Crippen molar-refractivity contribution in [2.75, 3.05) is 17.9 Å². The molecule has 1 N–H and O–H groups in total. The van der Waals surface area contributed by atoms with E-state index in [2.05, 4.69) is 4.72 Å². The van der Waals surface area contributed by atoms with Gasteiger partial charge in [0.1, 0.15) is 12.4 Å². The lowest BCUT2D eigenvalue weighted by molar-refractivity contribution is -0.144. The van der Waals surface area contributed by atoms with Crippen LogP contribution in [-0.2, 0) is 19.6 Å². The summed E-state index contributed by atoms with van der Waals surface area (Å²) in [5.41, 5.74) is 0.918. The minimum absolute atomic E-state index is 0.124. The Morgan fingerprint density at radius 3 is 2.33 bits per heavy atom. The Balaban J connectivity index is 2.35. The van der Waals surface area contributed by atoms with Gasteiger partial charge in [0.2, 0.25) is 0 Å². The monoisotopic (exact) mass is 436 g/mol. The molecule has 1 amide bonds. The van der Waals surface area contributed by atoms with Crippen LogP contribution in [0.5, 0.6) is 0 Å². The van der Waals surface area contributed by atoms with Crippen LogP contribution in [0.1, 0.15) is 36.7 Å². The van der Waals surface area contributed by atoms with Gasteiger partial charge in [0, 0.05) is 17.3 Å². The van der Waals surface area contributed by atoms with Crippen LogP contribution >= 0.6 is 0 Å². The molecule has 0 fully saturated rings. The van der Waals surface area contributed by atoms with Crippen LogP contribution in [-0.4, -0.2) is 44.4 Å². The predicted octanol–water partition coefficient (Wildman–Crippen LogP) is 3.35. The highest BCUT2D eigenvalue weighted by Crippen LogP contribution is 2.21. The average molecular weight is 437 g/mol. The Morgan fingerprint density at radius 1 is 1.13 bits per heavy atom. The molecule has 0 bridgehead atoms. The third kappa shape index (κ3) is 5.79. The van der Waals surface area contributed by atoms with Crippen LogP contribution in [0.2, 0.25) is 0 Å². The second kappa shape index (κ2) is 9.71. The topological polar surface area (TPSA) is 92.8 Å². The molecule has 2 rings (SSSR count). The Morgan fingerprint density at radius 2 is 1.77 bits per heavy atom. The third-order valence-electron chi connectivity index (χ3n) is 4.34. The SMILES string of the molecule is CCOC(=O)CN(C(=O)c1cc(S(=O)(=O)Nc2ccc(F)cc2)ccc1C)C(C)C. The van der Waals surface area contributed by atoms with Gasteiger partial charge in [0.15, 0.2) is 0 Å². The fraction of sp³-hybridized carbons (Fsp3) is 0.333. The number of hydrogen-bond donors (Lipinski definition) is 1. The van der Waals surface area contributed by atoms with Gasteiger partial charge in [-0.2, -0.15) is 0 Å². The number of carbonyl (C=O) groups is 2. The lowest BCUT2D eigenvalue weighted by Gasteiger charge is -2.26. The number of nitrogens with one attached hydrogen (secondary N) is 1. The van der Waals surface area contributed by atoms with Crippen molar-refractivity contribution in [3.05, 3.63) is 59.4 Å². The lowest BCUT2D eigenvalue weighted by Crippen LogP contribution is -2.41. The summed E-state index contributed by atoms with van der Waals surface area (Å²) in [6.07, 6.45) is 0. The van der Waals surface area contributed by atoms with Crippen LogP contribution in [0.4, 0.5) is 10.1 Å². The third-order valence-corrected chi connectivity index (χ3v) is 5.71. The van der Waals surface area contributed by atoms with Gasteiger partial charge < -0.3 is 9.64 Å². The average Bonchev–Trinajstić information content (AvgIpc) is 2.67. The van der Waals surface area contributed by atoms with Crippen molar-refractivity contribution in [2.45, 2.75) is 38.6 Å². The smallest absolute Gasteiger partial charge is 0.325 e. The molecule has 0 heterocycles. The summed E-state index contributed by atoms with van der Waals surface area (Å²) < 4.78 is 45.8. The van der Waals surface area contributed by atoms with Crippen LogP contribution in [0.3, 0.4) is 0 Å². The number of amides is 1. The number of sulfonamides is 1. The maximum absolute atomic E-state index is 13.1. The van der Waals surface area contributed by atoms with E-state index in [4.69, 9.17) is 4.74 Å². The second-order valence-corrected chi connectivity index (χ2v) is 8.60. The highest BCUT2D eigenvalue weighted by atomic mass is 32.2. The van der Waals surface area contributed by atoms with E-state index >= 15 is 0 Å². The number of benzene rings is 2. The van der Waals surface area contributed by atoms with Gasteiger partial charge in [-0.25, -0.2) is 12.8 Å². The summed E-state index contributed by atoms with van der Waals surface area (Å²) in [7, 11) is -4.01. The van der Waals surface area contributed by atoms with Crippen LogP contribution in [0.25, 0.3) is 0 Å². The van der Waals surface area contributed by atoms with Crippen molar-refractivity contribution in [3.63, 3.8) is 0 Å². The lowest BCUT2D eigenvalue weighted by atomic mass is 10.1. The first-order chi connectivity index (χ1) is 14.0. The number of esters is 1. The fourth-order valence-electron chi connectivity index (χ4n) is 2.72. The van der Waals surface area contributed by atoms with Crippen molar-refractivity contribution < 1.29 is 27.1 Å². The van der Waals surface area contributed by atoms with Crippen molar-refractivity contribution in [1.82, 2.24) is 4.90 Å². The molecule has 9 heteroatoms. The number of hydrogen-bond acceptors (Lipinski definition) is 5. The summed E-state index contributed by atoms with van der Waals surface area (Å²) in [5.74, 6) is -1.51. The molecule has 0 aliphatic rings. The maximum atomic E-state index is 13.1. The van der Waals surface area contributed by atoms with E-state index in [9.17, 15) is 22.4 Å². The molecule has 0 spiro atoms. The normalized spacial score (nSPS) is 11.3. The Hall–Kier alpha value is -2.94. The Bertz CT molecular complexity index is 1020. The van der Waals surface area contributed by atoms with Crippen LogP contribution in [0, 0.1) is 12.7 Å². The molecule has 7 nitrogen and oxygen atoms in total. The Kier molecular flexibility index (Phi) is 7.55. The van der Waals surface area contributed by atoms with Crippen molar-refractivity contribution in [3.8, 4) is 0 Å². The molecule has 0 aliphatic carbocycles. The first kappa shape index (κ1) is 23.3. The van der Waals surface area contributed by atoms with E-state index in [1.165, 1.54) is 35.2 Å². The van der Waals surface area contributed by atoms with Crippen molar-refractivity contribution in [1.29, 1.82) is 0 Å². The predicted molar refractivity (Wildman–Crippen MR) is 111 cm³/mol. The van der Waals surface area contributed by atoms with Crippen LogP contribution < -0.4 is 4.72 Å². The summed E-state index contributed by atoms with van der Waals surface area (Å²) in [6, 6.07) is 8.73. The molecule has 0 atom stereocenters. The molecule has 0 saturated carbocycles. The number of carbonyl (C=O) groups excluding carboxylic acids is 2. The molecule has 0 saturated heterocycles. The summed E-state index contributed by atoms with van der Waals surface area (Å²) in [4.78, 5) is 26.2. The summed E-state index contributed by atoms with van der Waals surface area (Å²) in [5, 5.41) is 0. The molecule has 0 radical (unpaired) electrons. The molecule has 30 heavy (non-hydrogen) atoms. The number of rotatable bonds is 8. The zero-order chi connectivity index (χ0) is 22.5. The molecule has 0 unspecified atom stereocenters. The van der Waals surface area contributed by atoms with Gasteiger partial charge in [-0.15, -0.1) is 0 Å². The van der Waals surface area contributed by atoms with E-state index in [0.717, 1.165) is 12.1 Å². The van der Waals surface area contributed by atoms with E-state index < -0.39 is 27.7 Å². The Labute approximate surface area is 175 Å². The summed E-state index contributed by atoms with van der Waals surface area (Å²) >= 11 is 0. The quantitative estimate of drug-likeness (QED) is 0.641. The van der Waals surface area contributed by atoms with Gasteiger partial charge in [0.25, 0.3) is 15.9 Å². The van der Waals surface area contributed by atoms with Crippen molar-refractivity contribution in [2.24, 2.45) is 0 Å². The molecule has 0 aliphatic heterocycles. The van der Waals surface area contributed by atoms with Gasteiger partial charge in [-0.1, -0.05) is 6.07 Å². The highest BCUT2D eigenvalue weighted by molar-refractivity contribution is 7.92. The number of ether oxygens (including phenoxy) is 1. The maximum Gasteiger partial charge on any atom is 0.325 e. The number of aryl methyl sites for hydroxylation is 1.